The molecule has 5 heteroatoms. The number of likely N-dealkylation sites (N-methyl/N-ethyl adjacent to an activating group) is 1. The van der Waals surface area contributed by atoms with Crippen LogP contribution in [-0.4, -0.2) is 23.3 Å². The predicted molar refractivity (Wildman–Crippen MR) is 72.6 cm³/mol. The summed E-state index contributed by atoms with van der Waals surface area (Å²) in [6, 6.07) is 7.70. The van der Waals surface area contributed by atoms with Gasteiger partial charge in [-0.2, -0.15) is 0 Å². The highest BCUT2D eigenvalue weighted by Gasteiger charge is 2.06. The van der Waals surface area contributed by atoms with Crippen LogP contribution in [0.3, 0.4) is 0 Å². The lowest BCUT2D eigenvalue weighted by atomic mass is 10.2. The van der Waals surface area contributed by atoms with Gasteiger partial charge in [0.05, 0.1) is 0 Å². The standard InChI is InChI=1S/C12H14ClN3S/c1-2-14-7-6-11-15-16-12(17-11)9-4-3-5-10(13)8-9/h3-5,8,14H,2,6-7H2,1H3. The minimum Gasteiger partial charge on any atom is -0.317 e. The van der Waals surface area contributed by atoms with E-state index in [1.165, 1.54) is 0 Å². The number of hydrogen-bond donors (Lipinski definition) is 1. The van der Waals surface area contributed by atoms with Crippen molar-refractivity contribution < 1.29 is 0 Å². The molecule has 0 atom stereocenters. The minimum absolute atomic E-state index is 0.729. The summed E-state index contributed by atoms with van der Waals surface area (Å²) in [5, 5.41) is 14.4. The van der Waals surface area contributed by atoms with Crippen molar-refractivity contribution in [3.05, 3.63) is 34.3 Å². The van der Waals surface area contributed by atoms with Gasteiger partial charge in [-0.1, -0.05) is 42.0 Å². The molecule has 3 nitrogen and oxygen atoms in total. The first-order chi connectivity index (χ1) is 8.29. The molecule has 0 aliphatic heterocycles. The molecule has 0 unspecified atom stereocenters. The number of nitrogens with zero attached hydrogens (tertiary/aromatic N) is 2. The van der Waals surface area contributed by atoms with E-state index in [0.29, 0.717) is 0 Å². The summed E-state index contributed by atoms with van der Waals surface area (Å²) < 4.78 is 0. The zero-order valence-corrected chi connectivity index (χ0v) is 11.2. The summed E-state index contributed by atoms with van der Waals surface area (Å²) in [7, 11) is 0. The van der Waals surface area contributed by atoms with Gasteiger partial charge in [0, 0.05) is 23.6 Å². The van der Waals surface area contributed by atoms with Crippen LogP contribution in [0.2, 0.25) is 5.02 Å². The van der Waals surface area contributed by atoms with Gasteiger partial charge in [0.25, 0.3) is 0 Å². The van der Waals surface area contributed by atoms with E-state index in [1.807, 2.05) is 24.3 Å². The molecule has 0 saturated heterocycles. The zero-order chi connectivity index (χ0) is 12.1. The molecular weight excluding hydrogens is 254 g/mol. The molecule has 0 fully saturated rings. The second kappa shape index (κ2) is 6.10. The van der Waals surface area contributed by atoms with Crippen LogP contribution in [0.25, 0.3) is 10.6 Å². The van der Waals surface area contributed by atoms with Crippen LogP contribution in [0.1, 0.15) is 11.9 Å². The first-order valence-corrected chi connectivity index (χ1v) is 6.78. The van der Waals surface area contributed by atoms with Crippen LogP contribution in [0, 0.1) is 0 Å². The molecule has 2 aromatic rings. The molecule has 0 spiro atoms. The van der Waals surface area contributed by atoms with Crippen molar-refractivity contribution in [3.8, 4) is 10.6 Å². The van der Waals surface area contributed by atoms with E-state index in [1.54, 1.807) is 11.3 Å². The molecule has 0 saturated carbocycles. The Morgan fingerprint density at radius 1 is 1.35 bits per heavy atom. The molecule has 0 amide bonds. The molecule has 1 heterocycles. The Morgan fingerprint density at radius 3 is 3.00 bits per heavy atom. The molecule has 0 aliphatic carbocycles. The molecule has 17 heavy (non-hydrogen) atoms. The lowest BCUT2D eigenvalue weighted by Gasteiger charge is -1.96. The van der Waals surface area contributed by atoms with Gasteiger partial charge in [-0.05, 0) is 18.7 Å². The minimum atomic E-state index is 0.729. The van der Waals surface area contributed by atoms with Crippen LogP contribution in [0.15, 0.2) is 24.3 Å². The number of aromatic nitrogens is 2. The normalized spacial score (nSPS) is 10.7. The molecule has 1 N–H and O–H groups in total. The van der Waals surface area contributed by atoms with Crippen LogP contribution in [0.5, 0.6) is 0 Å². The van der Waals surface area contributed by atoms with Crippen molar-refractivity contribution in [3.63, 3.8) is 0 Å². The van der Waals surface area contributed by atoms with E-state index in [2.05, 4.69) is 22.4 Å². The van der Waals surface area contributed by atoms with Gasteiger partial charge in [-0.3, -0.25) is 0 Å². The molecule has 0 aliphatic rings. The van der Waals surface area contributed by atoms with Crippen molar-refractivity contribution in [2.75, 3.05) is 13.1 Å². The fraction of sp³-hybridized carbons (Fsp3) is 0.333. The van der Waals surface area contributed by atoms with Gasteiger partial charge in [0.1, 0.15) is 10.0 Å². The molecule has 0 radical (unpaired) electrons. The second-order valence-electron chi connectivity index (χ2n) is 3.61. The van der Waals surface area contributed by atoms with Crippen LogP contribution in [0.4, 0.5) is 0 Å². The maximum Gasteiger partial charge on any atom is 0.147 e. The van der Waals surface area contributed by atoms with Crippen molar-refractivity contribution in [1.29, 1.82) is 0 Å². The van der Waals surface area contributed by atoms with E-state index in [4.69, 9.17) is 11.6 Å². The third-order valence-electron chi connectivity index (χ3n) is 2.30. The molecule has 2 rings (SSSR count). The second-order valence-corrected chi connectivity index (χ2v) is 5.11. The van der Waals surface area contributed by atoms with Crippen molar-refractivity contribution >= 4 is 22.9 Å². The van der Waals surface area contributed by atoms with Crippen LogP contribution >= 0.6 is 22.9 Å². The molecule has 0 bridgehead atoms. The third-order valence-corrected chi connectivity index (χ3v) is 3.57. The van der Waals surface area contributed by atoms with E-state index in [-0.39, 0.29) is 0 Å². The van der Waals surface area contributed by atoms with Crippen molar-refractivity contribution in [2.24, 2.45) is 0 Å². The van der Waals surface area contributed by atoms with E-state index >= 15 is 0 Å². The monoisotopic (exact) mass is 267 g/mol. The highest BCUT2D eigenvalue weighted by Crippen LogP contribution is 2.25. The van der Waals surface area contributed by atoms with Crippen molar-refractivity contribution in [2.45, 2.75) is 13.3 Å². The quantitative estimate of drug-likeness (QED) is 0.847. The smallest absolute Gasteiger partial charge is 0.147 e. The molecule has 1 aromatic heterocycles. The number of nitrogens with one attached hydrogen (secondary N) is 1. The average Bonchev–Trinajstić information content (AvgIpc) is 2.78. The van der Waals surface area contributed by atoms with E-state index < -0.39 is 0 Å². The number of rotatable bonds is 5. The van der Waals surface area contributed by atoms with Crippen LogP contribution < -0.4 is 5.32 Å². The summed E-state index contributed by atoms with van der Waals surface area (Å²) in [6.07, 6.45) is 0.923. The predicted octanol–water partition coefficient (Wildman–Crippen LogP) is 3.01. The summed E-state index contributed by atoms with van der Waals surface area (Å²) in [4.78, 5) is 0. The third kappa shape index (κ3) is 3.49. The molecule has 90 valence electrons. The highest BCUT2D eigenvalue weighted by atomic mass is 35.5. The van der Waals surface area contributed by atoms with Gasteiger partial charge >= 0.3 is 0 Å². The Morgan fingerprint density at radius 2 is 2.24 bits per heavy atom. The Balaban J connectivity index is 2.07. The Bertz CT molecular complexity index is 484. The lowest BCUT2D eigenvalue weighted by molar-refractivity contribution is 0.710. The maximum absolute atomic E-state index is 5.95. The first kappa shape index (κ1) is 12.5. The van der Waals surface area contributed by atoms with Crippen molar-refractivity contribution in [1.82, 2.24) is 15.5 Å². The van der Waals surface area contributed by atoms with Gasteiger partial charge in [-0.15, -0.1) is 10.2 Å². The summed E-state index contributed by atoms with van der Waals surface area (Å²) in [5.74, 6) is 0. The SMILES string of the molecule is CCNCCc1nnc(-c2cccc(Cl)c2)s1. The van der Waals surface area contributed by atoms with Gasteiger partial charge in [-0.25, -0.2) is 0 Å². The Labute approximate surface area is 110 Å². The number of halogens is 1. The summed E-state index contributed by atoms with van der Waals surface area (Å²) in [6.45, 7) is 4.03. The van der Waals surface area contributed by atoms with Gasteiger partial charge in [0.15, 0.2) is 0 Å². The van der Waals surface area contributed by atoms with E-state index in [0.717, 1.165) is 40.1 Å². The Hall–Kier alpha value is -0.970. The topological polar surface area (TPSA) is 37.8 Å². The summed E-state index contributed by atoms with van der Waals surface area (Å²) in [5.41, 5.74) is 1.03. The fourth-order valence-electron chi connectivity index (χ4n) is 1.46. The van der Waals surface area contributed by atoms with Gasteiger partial charge in [0.2, 0.25) is 0 Å². The maximum atomic E-state index is 5.95. The molecular formula is C12H14ClN3S. The number of benzene rings is 1. The number of hydrogen-bond acceptors (Lipinski definition) is 4. The van der Waals surface area contributed by atoms with Gasteiger partial charge < -0.3 is 5.32 Å². The highest BCUT2D eigenvalue weighted by molar-refractivity contribution is 7.14. The van der Waals surface area contributed by atoms with Crippen LogP contribution in [-0.2, 0) is 6.42 Å². The molecule has 1 aromatic carbocycles. The lowest BCUT2D eigenvalue weighted by Crippen LogP contribution is -2.15. The fourth-order valence-corrected chi connectivity index (χ4v) is 2.49. The Kier molecular flexibility index (Phi) is 4.48. The van der Waals surface area contributed by atoms with E-state index in [9.17, 15) is 0 Å². The zero-order valence-electron chi connectivity index (χ0n) is 9.61. The largest absolute Gasteiger partial charge is 0.317 e. The first-order valence-electron chi connectivity index (χ1n) is 5.58. The average molecular weight is 268 g/mol. The summed E-state index contributed by atoms with van der Waals surface area (Å²) >= 11 is 7.57.